The van der Waals surface area contributed by atoms with Crippen LogP contribution in [0.5, 0.6) is 0 Å². The standard InChI is InChI=1S/C27H27FN4O3S2/c1-18-14-19(2)25-23(15-18)30-27(36-25)32(17-20-6-5-11-29-16-20)26(33)21-9-12-31(13-10-21)37(34,35)24-8-4-3-7-22(24)28/h3-8,11,14-16,21H,9-10,12-13,17H2,1-2H3. The van der Waals surface area contributed by atoms with E-state index in [1.807, 2.05) is 32.0 Å². The van der Waals surface area contributed by atoms with Gasteiger partial charge in [0.15, 0.2) is 5.13 Å². The van der Waals surface area contributed by atoms with Crippen LogP contribution in [-0.2, 0) is 21.4 Å². The predicted octanol–water partition coefficient (Wildman–Crippen LogP) is 5.08. The highest BCUT2D eigenvalue weighted by Gasteiger charge is 2.36. The molecule has 1 fully saturated rings. The van der Waals surface area contributed by atoms with Crippen molar-refractivity contribution in [3.63, 3.8) is 0 Å². The van der Waals surface area contributed by atoms with E-state index in [1.165, 1.54) is 33.8 Å². The number of rotatable bonds is 6. The van der Waals surface area contributed by atoms with Gasteiger partial charge in [-0.3, -0.25) is 14.7 Å². The first-order valence-electron chi connectivity index (χ1n) is 12.1. The maximum Gasteiger partial charge on any atom is 0.245 e. The molecule has 0 radical (unpaired) electrons. The minimum absolute atomic E-state index is 0.0970. The van der Waals surface area contributed by atoms with Crippen LogP contribution in [0.15, 0.2) is 65.8 Å². The van der Waals surface area contributed by atoms with Gasteiger partial charge >= 0.3 is 0 Å². The molecule has 5 rings (SSSR count). The third-order valence-corrected chi connectivity index (χ3v) is 9.79. The van der Waals surface area contributed by atoms with Crippen molar-refractivity contribution >= 4 is 42.6 Å². The van der Waals surface area contributed by atoms with Crippen molar-refractivity contribution in [2.24, 2.45) is 5.92 Å². The summed E-state index contributed by atoms with van der Waals surface area (Å²) >= 11 is 1.48. The molecule has 1 aliphatic heterocycles. The molecule has 1 aliphatic rings. The van der Waals surface area contributed by atoms with Crippen LogP contribution in [0, 0.1) is 25.6 Å². The van der Waals surface area contributed by atoms with E-state index in [1.54, 1.807) is 17.3 Å². The van der Waals surface area contributed by atoms with Crippen molar-refractivity contribution in [3.8, 4) is 0 Å². The van der Waals surface area contributed by atoms with E-state index >= 15 is 0 Å². The first-order valence-corrected chi connectivity index (χ1v) is 14.3. The highest BCUT2D eigenvalue weighted by Crippen LogP contribution is 2.35. The fourth-order valence-electron chi connectivity index (χ4n) is 4.75. The molecule has 10 heteroatoms. The van der Waals surface area contributed by atoms with E-state index in [-0.39, 0.29) is 29.8 Å². The van der Waals surface area contributed by atoms with Crippen molar-refractivity contribution in [3.05, 3.63) is 83.4 Å². The summed E-state index contributed by atoms with van der Waals surface area (Å²) in [5, 5.41) is 0.610. The Morgan fingerprint density at radius 3 is 2.59 bits per heavy atom. The molecule has 192 valence electrons. The number of carbonyl (C=O) groups is 1. The van der Waals surface area contributed by atoms with Gasteiger partial charge in [0.1, 0.15) is 10.7 Å². The highest BCUT2D eigenvalue weighted by molar-refractivity contribution is 7.89. The van der Waals surface area contributed by atoms with Gasteiger partial charge in [-0.2, -0.15) is 4.31 Å². The number of nitrogens with zero attached hydrogens (tertiary/aromatic N) is 4. The number of sulfonamides is 1. The number of anilines is 1. The number of amides is 1. The van der Waals surface area contributed by atoms with Crippen LogP contribution in [0.4, 0.5) is 9.52 Å². The van der Waals surface area contributed by atoms with Gasteiger partial charge in [0.05, 0.1) is 16.8 Å². The first-order chi connectivity index (χ1) is 17.7. The van der Waals surface area contributed by atoms with Crippen LogP contribution in [0.25, 0.3) is 10.2 Å². The molecule has 1 saturated heterocycles. The van der Waals surface area contributed by atoms with Crippen molar-refractivity contribution in [2.75, 3.05) is 18.0 Å². The molecular formula is C27H27FN4O3S2. The summed E-state index contributed by atoms with van der Waals surface area (Å²) < 4.78 is 42.5. The van der Waals surface area contributed by atoms with Gasteiger partial charge in [0, 0.05) is 31.4 Å². The molecule has 7 nitrogen and oxygen atoms in total. The lowest BCUT2D eigenvalue weighted by Crippen LogP contribution is -2.44. The third kappa shape index (κ3) is 5.14. The molecule has 0 spiro atoms. The molecule has 0 aliphatic carbocycles. The fourth-order valence-corrected chi connectivity index (χ4v) is 7.31. The van der Waals surface area contributed by atoms with Crippen LogP contribution in [0.2, 0.25) is 0 Å². The number of benzene rings is 2. The lowest BCUT2D eigenvalue weighted by atomic mass is 9.96. The Labute approximate surface area is 219 Å². The number of halogens is 1. The van der Waals surface area contributed by atoms with Gasteiger partial charge in [-0.25, -0.2) is 17.8 Å². The zero-order chi connectivity index (χ0) is 26.2. The molecule has 37 heavy (non-hydrogen) atoms. The number of aryl methyl sites for hydroxylation is 2. The van der Waals surface area contributed by atoms with Gasteiger partial charge in [0.25, 0.3) is 0 Å². The van der Waals surface area contributed by atoms with Crippen molar-refractivity contribution in [1.82, 2.24) is 14.3 Å². The summed E-state index contributed by atoms with van der Waals surface area (Å²) in [5.74, 6) is -1.25. The summed E-state index contributed by atoms with van der Waals surface area (Å²) in [6.07, 6.45) is 4.11. The quantitative estimate of drug-likeness (QED) is 0.342. The van der Waals surface area contributed by atoms with Crippen molar-refractivity contribution in [2.45, 2.75) is 38.1 Å². The minimum atomic E-state index is -3.97. The second kappa shape index (κ2) is 10.3. The Morgan fingerprint density at radius 2 is 1.89 bits per heavy atom. The average Bonchev–Trinajstić information content (AvgIpc) is 3.32. The number of pyridine rings is 1. The largest absolute Gasteiger partial charge is 0.283 e. The second-order valence-electron chi connectivity index (χ2n) is 9.32. The number of fused-ring (bicyclic) bond motifs is 1. The van der Waals surface area contributed by atoms with E-state index in [9.17, 15) is 17.6 Å². The monoisotopic (exact) mass is 538 g/mol. The van der Waals surface area contributed by atoms with Crippen molar-refractivity contribution < 1.29 is 17.6 Å². The van der Waals surface area contributed by atoms with E-state index in [4.69, 9.17) is 4.98 Å². The Hall–Kier alpha value is -3.21. The summed E-state index contributed by atoms with van der Waals surface area (Å²) in [7, 11) is -3.97. The number of hydrogen-bond acceptors (Lipinski definition) is 6. The lowest BCUT2D eigenvalue weighted by Gasteiger charge is -2.33. The Kier molecular flexibility index (Phi) is 7.06. The number of hydrogen-bond donors (Lipinski definition) is 0. The molecule has 4 aromatic rings. The number of aromatic nitrogens is 2. The topological polar surface area (TPSA) is 83.5 Å². The zero-order valence-corrected chi connectivity index (χ0v) is 22.2. The van der Waals surface area contributed by atoms with Crippen LogP contribution >= 0.6 is 11.3 Å². The lowest BCUT2D eigenvalue weighted by molar-refractivity contribution is -0.123. The van der Waals surface area contributed by atoms with Crippen LogP contribution in [0.3, 0.4) is 0 Å². The molecule has 0 unspecified atom stereocenters. The summed E-state index contributed by atoms with van der Waals surface area (Å²) in [4.78, 5) is 24.2. The number of carbonyl (C=O) groups excluding carboxylic acids is 1. The smallest absolute Gasteiger partial charge is 0.245 e. The first kappa shape index (κ1) is 25.4. The fraction of sp³-hybridized carbons (Fsp3) is 0.296. The molecule has 2 aromatic heterocycles. The SMILES string of the molecule is Cc1cc(C)c2sc(N(Cc3cccnc3)C(=O)C3CCN(S(=O)(=O)c4ccccc4F)CC3)nc2c1. The molecule has 0 N–H and O–H groups in total. The number of thiazole rings is 1. The Bertz CT molecular complexity index is 1550. The highest BCUT2D eigenvalue weighted by atomic mass is 32.2. The maximum atomic E-state index is 14.2. The van der Waals surface area contributed by atoms with E-state index < -0.39 is 15.8 Å². The van der Waals surface area contributed by atoms with E-state index in [2.05, 4.69) is 11.1 Å². The van der Waals surface area contributed by atoms with Gasteiger partial charge in [0.2, 0.25) is 15.9 Å². The summed E-state index contributed by atoms with van der Waals surface area (Å²) in [6, 6.07) is 13.2. The van der Waals surface area contributed by atoms with Gasteiger partial charge in [-0.05, 0) is 67.6 Å². The maximum absolute atomic E-state index is 14.2. The summed E-state index contributed by atoms with van der Waals surface area (Å²) in [5.41, 5.74) is 3.95. The molecule has 1 amide bonds. The Morgan fingerprint density at radius 1 is 1.14 bits per heavy atom. The van der Waals surface area contributed by atoms with E-state index in [0.29, 0.717) is 24.5 Å². The van der Waals surface area contributed by atoms with Crippen LogP contribution in [0.1, 0.15) is 29.5 Å². The van der Waals surface area contributed by atoms with Gasteiger partial charge in [-0.15, -0.1) is 0 Å². The minimum Gasteiger partial charge on any atom is -0.283 e. The molecule has 3 heterocycles. The number of piperidine rings is 1. The normalized spacial score (nSPS) is 15.2. The predicted molar refractivity (Wildman–Crippen MR) is 142 cm³/mol. The Balaban J connectivity index is 1.40. The van der Waals surface area contributed by atoms with Crippen LogP contribution in [-0.4, -0.2) is 41.7 Å². The molecule has 2 aromatic carbocycles. The third-order valence-electron chi connectivity index (χ3n) is 6.63. The average molecular weight is 539 g/mol. The van der Waals surface area contributed by atoms with Gasteiger partial charge in [-0.1, -0.05) is 35.6 Å². The zero-order valence-electron chi connectivity index (χ0n) is 20.6. The van der Waals surface area contributed by atoms with Gasteiger partial charge < -0.3 is 0 Å². The molecule has 0 saturated carbocycles. The molecule has 0 bridgehead atoms. The molecule has 0 atom stereocenters. The van der Waals surface area contributed by atoms with E-state index in [0.717, 1.165) is 33.0 Å². The molecular weight excluding hydrogens is 511 g/mol. The van der Waals surface area contributed by atoms with Crippen molar-refractivity contribution in [1.29, 1.82) is 0 Å². The van der Waals surface area contributed by atoms with Crippen LogP contribution < -0.4 is 4.90 Å². The second-order valence-corrected chi connectivity index (χ2v) is 12.2. The summed E-state index contributed by atoms with van der Waals surface area (Å²) in [6.45, 7) is 4.67.